The van der Waals surface area contributed by atoms with E-state index in [4.69, 9.17) is 17.0 Å². The van der Waals surface area contributed by atoms with Gasteiger partial charge in [-0.05, 0) is 62.8 Å². The van der Waals surface area contributed by atoms with Gasteiger partial charge in [0, 0.05) is 0 Å². The molecule has 0 aliphatic heterocycles. The molecule has 0 nitrogen and oxygen atoms in total. The molecule has 0 saturated heterocycles. The minimum absolute atomic E-state index is 0. The Bertz CT molecular complexity index is 656. The number of hydrogen-bond acceptors (Lipinski definition) is 0. The van der Waals surface area contributed by atoms with E-state index in [1.54, 1.807) is 11.1 Å². The largest absolute Gasteiger partial charge is 2.00 e. The van der Waals surface area contributed by atoms with Gasteiger partial charge in [-0.1, -0.05) is 23.3 Å². The summed E-state index contributed by atoms with van der Waals surface area (Å²) in [4.78, 5) is 0. The van der Waals surface area contributed by atoms with E-state index in [-0.39, 0.29) is 95.6 Å². The van der Waals surface area contributed by atoms with Crippen molar-refractivity contribution in [2.24, 2.45) is 0 Å². The summed E-state index contributed by atoms with van der Waals surface area (Å²) in [5, 5.41) is 0. The van der Waals surface area contributed by atoms with Crippen LogP contribution in [-0.4, -0.2) is 0 Å². The Balaban J connectivity index is -0.0000000411. The van der Waals surface area contributed by atoms with Gasteiger partial charge in [0.2, 0.25) is 0 Å². The van der Waals surface area contributed by atoms with Crippen LogP contribution in [-0.2, 0) is 47.1 Å². The molecular weight excluding hydrogens is 685 g/mol. The molecule has 0 aromatic rings. The zero-order valence-electron chi connectivity index (χ0n) is 24.0. The summed E-state index contributed by atoms with van der Waals surface area (Å²) in [7, 11) is 9.87. The maximum atomic E-state index is 4.93. The van der Waals surface area contributed by atoms with Gasteiger partial charge < -0.3 is 69.4 Å². The Hall–Kier alpha value is 0.846. The summed E-state index contributed by atoms with van der Waals surface area (Å²) >= 11 is -0.826. The fraction of sp³-hybridized carbons (Fsp3) is 0.267. The summed E-state index contributed by atoms with van der Waals surface area (Å²) in [5.41, 5.74) is 9.08. The zero-order valence-corrected chi connectivity index (χ0v) is 31.9. The average molecular weight is 731 g/mol. The number of rotatable bonds is 1. The first-order chi connectivity index (χ1) is 13.0. The van der Waals surface area contributed by atoms with Gasteiger partial charge in [0.1, 0.15) is 0 Å². The Morgan fingerprint density at radius 3 is 1.03 bits per heavy atom. The van der Waals surface area contributed by atoms with Crippen LogP contribution in [0, 0.1) is 56.7 Å². The Morgan fingerprint density at radius 2 is 0.917 bits per heavy atom. The quantitative estimate of drug-likeness (QED) is 0.333. The second-order valence-corrected chi connectivity index (χ2v) is 10.2. The molecule has 0 saturated carbocycles. The fourth-order valence-electron chi connectivity index (χ4n) is 2.98. The molecule has 0 bridgehead atoms. The van der Waals surface area contributed by atoms with Crippen LogP contribution in [0.4, 0.5) is 0 Å². The third kappa shape index (κ3) is 23.9. The van der Waals surface area contributed by atoms with Crippen LogP contribution in [0.5, 0.6) is 0 Å². The zero-order chi connectivity index (χ0) is 20.1. The van der Waals surface area contributed by atoms with Crippen molar-refractivity contribution in [2.75, 3.05) is 0 Å². The molecule has 0 amide bonds. The van der Waals surface area contributed by atoms with Crippen LogP contribution in [0.2, 0.25) is 0 Å². The van der Waals surface area contributed by atoms with E-state index in [1.807, 2.05) is 24.3 Å². The normalized spacial score (nSPS) is 13.8. The molecule has 0 unspecified atom stereocenters. The van der Waals surface area contributed by atoms with Crippen molar-refractivity contribution in [2.45, 2.75) is 53.4 Å². The monoisotopic (exact) mass is 726 g/mol. The smallest absolute Gasteiger partial charge is 2.00 e. The van der Waals surface area contributed by atoms with Crippen LogP contribution in [0.1, 0.15) is 53.4 Å². The average Bonchev–Trinajstić information content (AvgIpc) is 3.45. The minimum Gasteiger partial charge on any atom is 2.00 e. The molecule has 36 heavy (non-hydrogen) atoms. The minimum atomic E-state index is -0.826. The van der Waals surface area contributed by atoms with Gasteiger partial charge >= 0.3 is 64.1 Å². The standard InChI is InChI=1S/C14H18.2C5H5.6CH3.4ClH.2Zr/c1-9-5-7-13(11(9)3)14-8-6-10(2)12(14)4;2*1-2-4-5-3-1;;;;;;;;;;;;/h5-6H,7-8H2,1-4H3;2*1-3H,4H2;6*1H3;4*1H;;/q;8*-1;;;;;2*+2/p-4. The van der Waals surface area contributed by atoms with Crippen LogP contribution >= 0.6 is 17.0 Å². The summed E-state index contributed by atoms with van der Waals surface area (Å²) in [6, 6.07) is 0. The topological polar surface area (TPSA) is 0 Å². The molecule has 210 valence electrons. The summed E-state index contributed by atoms with van der Waals surface area (Å²) in [6.07, 6.45) is 27.0. The molecule has 4 aliphatic rings. The molecule has 6 heteroatoms. The van der Waals surface area contributed by atoms with E-state index in [9.17, 15) is 0 Å². The first-order valence-electron chi connectivity index (χ1n) is 9.16. The Kier molecular flexibility index (Phi) is 64.4. The van der Waals surface area contributed by atoms with E-state index < -0.39 is 20.8 Å². The molecule has 0 N–H and O–H groups in total. The van der Waals surface area contributed by atoms with Gasteiger partial charge in [-0.3, -0.25) is 12.2 Å². The van der Waals surface area contributed by atoms with Gasteiger partial charge in [0.05, 0.1) is 0 Å². The van der Waals surface area contributed by atoms with Gasteiger partial charge in [0.25, 0.3) is 0 Å². The van der Waals surface area contributed by atoms with Crippen molar-refractivity contribution >= 4 is 17.0 Å². The molecule has 0 aromatic heterocycles. The predicted octanol–water partition coefficient (Wildman–Crippen LogP) is 5.01. The van der Waals surface area contributed by atoms with Crippen molar-refractivity contribution in [3.63, 3.8) is 0 Å². The maximum absolute atomic E-state index is 4.93. The summed E-state index contributed by atoms with van der Waals surface area (Å²) in [6.45, 7) is 8.94. The van der Waals surface area contributed by atoms with E-state index in [0.29, 0.717) is 0 Å². The number of allylic oxidation sites excluding steroid dienone is 16. The van der Waals surface area contributed by atoms with Crippen LogP contribution in [0.15, 0.2) is 82.0 Å². The van der Waals surface area contributed by atoms with Crippen molar-refractivity contribution in [3.8, 4) is 0 Å². The van der Waals surface area contributed by atoms with Crippen LogP contribution in [0.3, 0.4) is 0 Å². The van der Waals surface area contributed by atoms with Gasteiger partial charge in [-0.25, -0.2) is 24.3 Å². The predicted molar refractivity (Wildman–Crippen MR) is 155 cm³/mol. The second-order valence-electron chi connectivity index (χ2n) is 6.47. The first kappa shape index (κ1) is 61.1. The molecule has 0 heterocycles. The SMILES string of the molecule is CC1=CCC(C2=C(C)C(C)=CC2)=C1C.[C-]1=CC=CC1.[C-]1=CC=CC1.[CH3-].[CH3-].[CH3-].[CH3-].[CH3-].[CH3-].[Cl-].[Cl-].[Cl][Zr][Cl].[Zr+2]. The van der Waals surface area contributed by atoms with Crippen LogP contribution < -0.4 is 24.8 Å². The van der Waals surface area contributed by atoms with E-state index in [1.165, 1.54) is 22.3 Å². The van der Waals surface area contributed by atoms with Crippen molar-refractivity contribution in [1.82, 2.24) is 0 Å². The van der Waals surface area contributed by atoms with Crippen molar-refractivity contribution in [1.29, 1.82) is 0 Å². The van der Waals surface area contributed by atoms with Crippen molar-refractivity contribution in [3.05, 3.63) is 139 Å². The molecule has 0 atom stereocenters. The molecule has 0 fully saturated rings. The van der Waals surface area contributed by atoms with Gasteiger partial charge in [0.15, 0.2) is 0 Å². The molecule has 0 radical (unpaired) electrons. The Morgan fingerprint density at radius 1 is 0.639 bits per heavy atom. The molecule has 4 aliphatic carbocycles. The third-order valence-electron chi connectivity index (χ3n) is 4.85. The van der Waals surface area contributed by atoms with E-state index >= 15 is 0 Å². The summed E-state index contributed by atoms with van der Waals surface area (Å²) in [5.74, 6) is 0. The summed E-state index contributed by atoms with van der Waals surface area (Å²) < 4.78 is 0. The molecule has 0 spiro atoms. The van der Waals surface area contributed by atoms with Gasteiger partial charge in [-0.15, -0.1) is 12.8 Å². The Labute approximate surface area is 278 Å². The number of halogens is 4. The number of hydrogen-bond donors (Lipinski definition) is 0. The fourth-order valence-corrected chi connectivity index (χ4v) is 2.98. The van der Waals surface area contributed by atoms with Crippen molar-refractivity contribution < 1.29 is 71.9 Å². The molecular formula is C30H46Cl4Zr2-8. The second kappa shape index (κ2) is 38.0. The van der Waals surface area contributed by atoms with E-state index in [2.05, 4.69) is 64.2 Å². The first-order valence-corrected chi connectivity index (χ1v) is 15.5. The third-order valence-corrected chi connectivity index (χ3v) is 4.85. The van der Waals surface area contributed by atoms with Crippen LogP contribution in [0.25, 0.3) is 0 Å². The molecule has 4 rings (SSSR count). The van der Waals surface area contributed by atoms with Gasteiger partial charge in [-0.2, -0.15) is 12.2 Å². The van der Waals surface area contributed by atoms with E-state index in [0.717, 1.165) is 25.7 Å². The molecule has 0 aromatic carbocycles. The maximum Gasteiger partial charge on any atom is 2.00 e.